The fraction of sp³-hybridized carbons (Fsp3) is 0.480. The van der Waals surface area contributed by atoms with E-state index in [9.17, 15) is 4.79 Å². The summed E-state index contributed by atoms with van der Waals surface area (Å²) in [5, 5.41) is 6.81. The molecular formula is C25H33N3O3S. The maximum Gasteiger partial charge on any atom is 0.237 e. The first-order valence-electron chi connectivity index (χ1n) is 11.3. The van der Waals surface area contributed by atoms with Crippen LogP contribution in [-0.4, -0.2) is 55.1 Å². The van der Waals surface area contributed by atoms with E-state index >= 15 is 0 Å². The lowest BCUT2D eigenvalue weighted by atomic mass is 10.1. The number of nitrogens with one attached hydrogen (secondary N) is 2. The first kappa shape index (κ1) is 23.0. The molecule has 0 bridgehead atoms. The van der Waals surface area contributed by atoms with Crippen LogP contribution in [0.25, 0.3) is 0 Å². The van der Waals surface area contributed by atoms with Crippen LogP contribution in [0.4, 0.5) is 0 Å². The Kier molecular flexibility index (Phi) is 7.60. The molecule has 1 amide bonds. The van der Waals surface area contributed by atoms with E-state index in [0.717, 1.165) is 43.0 Å². The van der Waals surface area contributed by atoms with E-state index in [1.54, 1.807) is 11.8 Å². The third-order valence-corrected chi connectivity index (χ3v) is 6.95. The molecule has 2 aromatic carbocycles. The van der Waals surface area contributed by atoms with Crippen molar-refractivity contribution in [3.8, 4) is 11.5 Å². The molecule has 32 heavy (non-hydrogen) atoms. The number of fused-ring (bicyclic) bond motifs is 1. The summed E-state index contributed by atoms with van der Waals surface area (Å²) in [6.45, 7) is 6.93. The van der Waals surface area contributed by atoms with Crippen molar-refractivity contribution >= 4 is 17.7 Å². The van der Waals surface area contributed by atoms with Crippen LogP contribution < -0.4 is 20.1 Å². The topological polar surface area (TPSA) is 62.8 Å². The molecule has 2 heterocycles. The lowest BCUT2D eigenvalue weighted by Crippen LogP contribution is -2.46. The molecule has 1 saturated heterocycles. The summed E-state index contributed by atoms with van der Waals surface area (Å²) in [5.74, 6) is 1.69. The van der Waals surface area contributed by atoms with Crippen LogP contribution in [0.15, 0.2) is 47.4 Å². The van der Waals surface area contributed by atoms with Crippen LogP contribution in [0, 0.1) is 0 Å². The van der Waals surface area contributed by atoms with Crippen molar-refractivity contribution in [3.63, 3.8) is 0 Å². The van der Waals surface area contributed by atoms with Crippen molar-refractivity contribution in [3.05, 3.63) is 53.6 Å². The number of carbonyl (C=O) groups excluding carboxylic acids is 1. The molecule has 0 saturated carbocycles. The number of ether oxygens (including phenoxy) is 2. The van der Waals surface area contributed by atoms with Crippen LogP contribution in [0.1, 0.15) is 31.4 Å². The highest BCUT2D eigenvalue weighted by atomic mass is 32.2. The van der Waals surface area contributed by atoms with Crippen LogP contribution in [0.3, 0.4) is 0 Å². The molecule has 1 fully saturated rings. The van der Waals surface area contributed by atoms with Crippen molar-refractivity contribution < 1.29 is 14.3 Å². The number of hydrogen-bond donors (Lipinski definition) is 2. The van der Waals surface area contributed by atoms with Gasteiger partial charge in [0.25, 0.3) is 0 Å². The number of rotatable bonds is 9. The molecule has 0 spiro atoms. The Morgan fingerprint density at radius 2 is 1.88 bits per heavy atom. The highest BCUT2D eigenvalue weighted by Gasteiger charge is 2.37. The number of amides is 1. The zero-order valence-corrected chi connectivity index (χ0v) is 19.9. The molecule has 2 N–H and O–H groups in total. The second kappa shape index (κ2) is 10.6. The number of likely N-dealkylation sites (tertiary alicyclic amines) is 1. The van der Waals surface area contributed by atoms with Gasteiger partial charge < -0.3 is 20.1 Å². The third kappa shape index (κ3) is 5.57. The number of carbonyl (C=O) groups is 1. The molecule has 0 aliphatic carbocycles. The number of thioether (sulfide) groups is 1. The summed E-state index contributed by atoms with van der Waals surface area (Å²) in [7, 11) is 0. The van der Waals surface area contributed by atoms with E-state index in [1.165, 1.54) is 10.5 Å². The van der Waals surface area contributed by atoms with Crippen LogP contribution in [0.2, 0.25) is 0 Å². The maximum absolute atomic E-state index is 13.0. The van der Waals surface area contributed by atoms with Gasteiger partial charge in [0.2, 0.25) is 12.7 Å². The smallest absolute Gasteiger partial charge is 0.237 e. The Balaban J connectivity index is 1.27. The minimum Gasteiger partial charge on any atom is -0.454 e. The number of benzene rings is 2. The Labute approximate surface area is 195 Å². The van der Waals surface area contributed by atoms with Gasteiger partial charge >= 0.3 is 0 Å². The number of hydrogen-bond acceptors (Lipinski definition) is 6. The van der Waals surface area contributed by atoms with Crippen molar-refractivity contribution in [2.75, 3.05) is 26.1 Å². The normalized spacial score (nSPS) is 20.1. The minimum atomic E-state index is -0.0943. The summed E-state index contributed by atoms with van der Waals surface area (Å²) in [4.78, 5) is 16.6. The van der Waals surface area contributed by atoms with Gasteiger partial charge in [-0.15, -0.1) is 11.8 Å². The summed E-state index contributed by atoms with van der Waals surface area (Å²) in [6.07, 6.45) is 3.69. The average Bonchev–Trinajstić information content (AvgIpc) is 3.45. The molecule has 0 aromatic heterocycles. The summed E-state index contributed by atoms with van der Waals surface area (Å²) >= 11 is 1.75. The second-order valence-corrected chi connectivity index (χ2v) is 9.58. The maximum atomic E-state index is 13.0. The second-order valence-electron chi connectivity index (χ2n) is 8.70. The summed E-state index contributed by atoms with van der Waals surface area (Å²) < 4.78 is 10.8. The van der Waals surface area contributed by atoms with Gasteiger partial charge in [-0.2, -0.15) is 0 Å². The first-order valence-corrected chi connectivity index (χ1v) is 12.5. The highest BCUT2D eigenvalue weighted by molar-refractivity contribution is 7.98. The molecule has 0 unspecified atom stereocenters. The van der Waals surface area contributed by atoms with Gasteiger partial charge in [0.1, 0.15) is 0 Å². The molecule has 2 atom stereocenters. The highest BCUT2D eigenvalue weighted by Crippen LogP contribution is 2.32. The fourth-order valence-electron chi connectivity index (χ4n) is 4.39. The SMILES string of the molecule is CSc1ccc(CN[C@H]2C[C@@H](C(=O)NCCc3ccc4c(c3)OCO4)N(C(C)C)C2)cc1. The van der Waals surface area contributed by atoms with E-state index in [2.05, 4.69) is 59.9 Å². The average molecular weight is 456 g/mol. The van der Waals surface area contributed by atoms with Gasteiger partial charge in [-0.3, -0.25) is 9.69 Å². The zero-order valence-electron chi connectivity index (χ0n) is 19.1. The lowest BCUT2D eigenvalue weighted by molar-refractivity contribution is -0.126. The minimum absolute atomic E-state index is 0.0943. The Morgan fingerprint density at radius 3 is 2.62 bits per heavy atom. The van der Waals surface area contributed by atoms with Crippen molar-refractivity contribution in [2.45, 2.75) is 56.3 Å². The largest absolute Gasteiger partial charge is 0.454 e. The van der Waals surface area contributed by atoms with Crippen LogP contribution in [-0.2, 0) is 17.8 Å². The lowest BCUT2D eigenvalue weighted by Gasteiger charge is -2.27. The third-order valence-electron chi connectivity index (χ3n) is 6.21. The van der Waals surface area contributed by atoms with E-state index in [1.807, 2.05) is 18.2 Å². The monoisotopic (exact) mass is 455 g/mol. The molecule has 172 valence electrons. The predicted octanol–water partition coefficient (Wildman–Crippen LogP) is 3.44. The standard InChI is InChI=1S/C25H33N3O3S/c1-17(2)28-15-20(27-14-19-4-7-21(32-3)8-5-19)13-22(28)25(29)26-11-10-18-6-9-23-24(12-18)31-16-30-23/h4-9,12,17,20,22,27H,10-11,13-16H2,1-3H3,(H,26,29)/t20-,22-/m0/s1. The predicted molar refractivity (Wildman–Crippen MR) is 128 cm³/mol. The van der Waals surface area contributed by atoms with Gasteiger partial charge in [-0.1, -0.05) is 18.2 Å². The molecule has 6 nitrogen and oxygen atoms in total. The fourth-order valence-corrected chi connectivity index (χ4v) is 4.80. The molecule has 4 rings (SSSR count). The molecular weight excluding hydrogens is 422 g/mol. The Bertz CT molecular complexity index is 919. The van der Waals surface area contributed by atoms with Crippen LogP contribution in [0.5, 0.6) is 11.5 Å². The Morgan fingerprint density at radius 1 is 1.12 bits per heavy atom. The van der Waals surface area contributed by atoms with Gasteiger partial charge in [-0.25, -0.2) is 0 Å². The van der Waals surface area contributed by atoms with E-state index in [4.69, 9.17) is 9.47 Å². The van der Waals surface area contributed by atoms with E-state index in [0.29, 0.717) is 18.6 Å². The van der Waals surface area contributed by atoms with Gasteiger partial charge in [0.05, 0.1) is 6.04 Å². The quantitative estimate of drug-likeness (QED) is 0.565. The molecule has 2 aliphatic heterocycles. The number of nitrogens with zero attached hydrogens (tertiary/aromatic N) is 1. The summed E-state index contributed by atoms with van der Waals surface area (Å²) in [5.41, 5.74) is 2.41. The Hall–Kier alpha value is -2.22. The van der Waals surface area contributed by atoms with Crippen molar-refractivity contribution in [1.29, 1.82) is 0 Å². The van der Waals surface area contributed by atoms with Gasteiger partial charge in [0.15, 0.2) is 11.5 Å². The first-order chi connectivity index (χ1) is 15.5. The summed E-state index contributed by atoms with van der Waals surface area (Å²) in [6, 6.07) is 15.2. The van der Waals surface area contributed by atoms with Gasteiger partial charge in [0, 0.05) is 36.6 Å². The van der Waals surface area contributed by atoms with Crippen LogP contribution >= 0.6 is 11.8 Å². The molecule has 7 heteroatoms. The zero-order chi connectivity index (χ0) is 22.5. The van der Waals surface area contributed by atoms with Crippen molar-refractivity contribution in [2.24, 2.45) is 0 Å². The molecule has 0 radical (unpaired) electrons. The van der Waals surface area contributed by atoms with E-state index < -0.39 is 0 Å². The molecule has 2 aliphatic rings. The van der Waals surface area contributed by atoms with Crippen molar-refractivity contribution in [1.82, 2.24) is 15.5 Å². The van der Waals surface area contributed by atoms with Gasteiger partial charge in [-0.05, 0) is 68.3 Å². The molecule has 2 aromatic rings. The van der Waals surface area contributed by atoms with E-state index in [-0.39, 0.29) is 18.7 Å².